The smallest absolute Gasteiger partial charge is 0.0465 e. The minimum Gasteiger partial charge on any atom is -0.310 e. The van der Waals surface area contributed by atoms with Crippen LogP contribution in [0.15, 0.2) is 103 Å². The van der Waals surface area contributed by atoms with Gasteiger partial charge >= 0.3 is 0 Å². The minimum atomic E-state index is 0.0433. The highest BCUT2D eigenvalue weighted by molar-refractivity contribution is 5.89. The standard InChI is InChI=1S/C35H35N/c1-24-9-8-12-29(21-24)36(28-16-14-27(15-17-28)26-10-6-5-7-11-26)30-18-20-32-31-19-13-25(2)22-33(31)35(3,4)34(32)23-30/h6,8-21,23,25H,5,7,22H2,1-4H3. The van der Waals surface area contributed by atoms with E-state index in [1.54, 1.807) is 5.57 Å². The van der Waals surface area contributed by atoms with E-state index < -0.39 is 0 Å². The van der Waals surface area contributed by atoms with Gasteiger partial charge in [-0.25, -0.2) is 0 Å². The van der Waals surface area contributed by atoms with Crippen molar-refractivity contribution in [3.05, 3.63) is 125 Å². The Labute approximate surface area is 216 Å². The summed E-state index contributed by atoms with van der Waals surface area (Å²) in [6.45, 7) is 9.30. The van der Waals surface area contributed by atoms with Crippen LogP contribution in [-0.4, -0.2) is 0 Å². The van der Waals surface area contributed by atoms with Crippen molar-refractivity contribution in [1.29, 1.82) is 0 Å². The fourth-order valence-corrected chi connectivity index (χ4v) is 6.14. The number of fused-ring (bicyclic) bond motifs is 2. The SMILES string of the molecule is Cc1cccc(N(c2ccc(C3=CCCC=C3)cc2)c2ccc3c(c2)C(C)(C)C2=C3C=CC(C)C2)c1. The number of anilines is 3. The molecule has 3 aromatic carbocycles. The topological polar surface area (TPSA) is 3.24 Å². The Balaban J connectivity index is 1.44. The second-order valence-electron chi connectivity index (χ2n) is 11.1. The van der Waals surface area contributed by atoms with Crippen LogP contribution in [0.1, 0.15) is 62.3 Å². The predicted octanol–water partition coefficient (Wildman–Crippen LogP) is 9.84. The van der Waals surface area contributed by atoms with Gasteiger partial charge in [0.15, 0.2) is 0 Å². The molecule has 3 aliphatic carbocycles. The second kappa shape index (κ2) is 8.82. The molecular weight excluding hydrogens is 434 g/mol. The van der Waals surface area contributed by atoms with Crippen LogP contribution in [0.3, 0.4) is 0 Å². The molecule has 1 unspecified atom stereocenters. The molecule has 1 heteroatoms. The molecule has 0 aromatic heterocycles. The summed E-state index contributed by atoms with van der Waals surface area (Å²) >= 11 is 0. The highest BCUT2D eigenvalue weighted by atomic mass is 15.1. The Morgan fingerprint density at radius 2 is 1.61 bits per heavy atom. The Kier molecular flexibility index (Phi) is 5.60. The molecule has 0 N–H and O–H groups in total. The van der Waals surface area contributed by atoms with Gasteiger partial charge in [-0.2, -0.15) is 0 Å². The number of rotatable bonds is 4. The van der Waals surface area contributed by atoms with Gasteiger partial charge in [-0.3, -0.25) is 0 Å². The Bertz CT molecular complexity index is 1440. The summed E-state index contributed by atoms with van der Waals surface area (Å²) in [7, 11) is 0. The molecule has 0 fully saturated rings. The molecule has 0 aliphatic heterocycles. The van der Waals surface area contributed by atoms with Crippen LogP contribution in [0, 0.1) is 12.8 Å². The number of allylic oxidation sites excluding steroid dienone is 8. The van der Waals surface area contributed by atoms with Crippen molar-refractivity contribution in [3.63, 3.8) is 0 Å². The fourth-order valence-electron chi connectivity index (χ4n) is 6.14. The largest absolute Gasteiger partial charge is 0.310 e. The Hall–Kier alpha value is -3.58. The highest BCUT2D eigenvalue weighted by Crippen LogP contribution is 2.52. The first-order valence-electron chi connectivity index (χ1n) is 13.3. The van der Waals surface area contributed by atoms with E-state index in [4.69, 9.17) is 0 Å². The summed E-state index contributed by atoms with van der Waals surface area (Å²) in [5, 5.41) is 0. The van der Waals surface area contributed by atoms with E-state index in [0.29, 0.717) is 5.92 Å². The molecule has 0 heterocycles. The van der Waals surface area contributed by atoms with Gasteiger partial charge in [-0.05, 0) is 102 Å². The van der Waals surface area contributed by atoms with Crippen LogP contribution in [-0.2, 0) is 5.41 Å². The molecule has 36 heavy (non-hydrogen) atoms. The first-order chi connectivity index (χ1) is 17.4. The van der Waals surface area contributed by atoms with Crippen LogP contribution in [0.2, 0.25) is 0 Å². The number of hydrogen-bond donors (Lipinski definition) is 0. The Morgan fingerprint density at radius 1 is 0.833 bits per heavy atom. The van der Waals surface area contributed by atoms with Gasteiger partial charge in [-0.15, -0.1) is 0 Å². The third kappa shape index (κ3) is 3.88. The third-order valence-corrected chi connectivity index (χ3v) is 8.14. The molecule has 0 saturated heterocycles. The van der Waals surface area contributed by atoms with E-state index in [1.165, 1.54) is 50.5 Å². The molecule has 3 aliphatic rings. The lowest BCUT2D eigenvalue weighted by Gasteiger charge is -2.30. The summed E-state index contributed by atoms with van der Waals surface area (Å²) < 4.78 is 0. The highest BCUT2D eigenvalue weighted by Gasteiger charge is 2.38. The van der Waals surface area contributed by atoms with Crippen molar-refractivity contribution in [2.24, 2.45) is 5.92 Å². The van der Waals surface area contributed by atoms with Crippen LogP contribution in [0.5, 0.6) is 0 Å². The first kappa shape index (κ1) is 22.9. The van der Waals surface area contributed by atoms with Crippen LogP contribution in [0.25, 0.3) is 11.1 Å². The summed E-state index contributed by atoms with van der Waals surface area (Å²) in [6, 6.07) is 25.0. The maximum Gasteiger partial charge on any atom is 0.0465 e. The van der Waals surface area contributed by atoms with E-state index in [0.717, 1.165) is 19.3 Å². The van der Waals surface area contributed by atoms with Gasteiger partial charge in [-0.1, -0.05) is 87.1 Å². The van der Waals surface area contributed by atoms with Crippen LogP contribution < -0.4 is 4.90 Å². The van der Waals surface area contributed by atoms with Gasteiger partial charge in [0.25, 0.3) is 0 Å². The molecule has 0 amide bonds. The molecule has 0 radical (unpaired) electrons. The first-order valence-corrected chi connectivity index (χ1v) is 13.3. The predicted molar refractivity (Wildman–Crippen MR) is 155 cm³/mol. The van der Waals surface area contributed by atoms with E-state index in [-0.39, 0.29) is 5.41 Å². The van der Waals surface area contributed by atoms with Crippen molar-refractivity contribution in [3.8, 4) is 0 Å². The quantitative estimate of drug-likeness (QED) is 0.367. The van der Waals surface area contributed by atoms with Gasteiger partial charge in [0.1, 0.15) is 0 Å². The van der Waals surface area contributed by atoms with Crippen LogP contribution in [0.4, 0.5) is 17.1 Å². The summed E-state index contributed by atoms with van der Waals surface area (Å²) in [5.74, 6) is 0.605. The van der Waals surface area contributed by atoms with Gasteiger partial charge in [0.05, 0.1) is 0 Å². The zero-order valence-corrected chi connectivity index (χ0v) is 21.9. The van der Waals surface area contributed by atoms with Crippen molar-refractivity contribution in [2.75, 3.05) is 4.90 Å². The number of benzene rings is 3. The number of hydrogen-bond acceptors (Lipinski definition) is 1. The average molecular weight is 470 g/mol. The van der Waals surface area contributed by atoms with Gasteiger partial charge < -0.3 is 4.90 Å². The van der Waals surface area contributed by atoms with Gasteiger partial charge in [0.2, 0.25) is 0 Å². The average Bonchev–Trinajstić information content (AvgIpc) is 3.11. The van der Waals surface area contributed by atoms with Crippen LogP contribution >= 0.6 is 0 Å². The normalized spacial score (nSPS) is 19.7. The molecule has 1 nitrogen and oxygen atoms in total. The van der Waals surface area contributed by atoms with Crippen molar-refractivity contribution >= 4 is 28.2 Å². The lowest BCUT2D eigenvalue weighted by Crippen LogP contribution is -2.20. The zero-order chi connectivity index (χ0) is 24.9. The van der Waals surface area contributed by atoms with E-state index in [2.05, 4.69) is 130 Å². The molecule has 1 atom stereocenters. The molecule has 3 aromatic rings. The second-order valence-corrected chi connectivity index (χ2v) is 11.1. The van der Waals surface area contributed by atoms with E-state index in [1.807, 2.05) is 0 Å². The molecule has 0 saturated carbocycles. The van der Waals surface area contributed by atoms with Crippen molar-refractivity contribution in [2.45, 2.75) is 52.4 Å². The zero-order valence-electron chi connectivity index (χ0n) is 21.9. The molecule has 180 valence electrons. The fraction of sp³-hybridized carbons (Fsp3) is 0.257. The lowest BCUT2D eigenvalue weighted by molar-refractivity contribution is 0.566. The van der Waals surface area contributed by atoms with E-state index >= 15 is 0 Å². The number of nitrogens with zero attached hydrogens (tertiary/aromatic N) is 1. The summed E-state index contributed by atoms with van der Waals surface area (Å²) in [4.78, 5) is 2.41. The molecular formula is C35H35N. The molecule has 6 rings (SSSR count). The summed E-state index contributed by atoms with van der Waals surface area (Å²) in [6.07, 6.45) is 15.0. The van der Waals surface area contributed by atoms with Crippen molar-refractivity contribution in [1.82, 2.24) is 0 Å². The Morgan fingerprint density at radius 3 is 2.36 bits per heavy atom. The molecule has 0 spiro atoms. The maximum absolute atomic E-state index is 2.44. The monoisotopic (exact) mass is 469 g/mol. The minimum absolute atomic E-state index is 0.0433. The lowest BCUT2D eigenvalue weighted by atomic mass is 9.76. The van der Waals surface area contributed by atoms with E-state index in [9.17, 15) is 0 Å². The third-order valence-electron chi connectivity index (χ3n) is 8.14. The van der Waals surface area contributed by atoms with Gasteiger partial charge in [0, 0.05) is 22.5 Å². The summed E-state index contributed by atoms with van der Waals surface area (Å²) in [5.41, 5.74) is 13.4. The molecule has 0 bridgehead atoms. The number of aryl methyl sites for hydroxylation is 1. The van der Waals surface area contributed by atoms with Crippen molar-refractivity contribution < 1.29 is 0 Å². The maximum atomic E-state index is 2.44.